The summed E-state index contributed by atoms with van der Waals surface area (Å²) in [5.74, 6) is 1.77. The highest BCUT2D eigenvalue weighted by molar-refractivity contribution is 7.99. The van der Waals surface area contributed by atoms with Crippen LogP contribution in [0.4, 0.5) is 34.1 Å². The van der Waals surface area contributed by atoms with Crippen LogP contribution in [0, 0.1) is 0 Å². The SMILES string of the molecule is c1ccc2c(c1)Oc1ccccc1C21c2ccccc2N(c2ccc(-c3ccc4c5c3c3ccccc3n5c3ccc(-c5ccc(N6c7ccccc7C7(c8ccccc8Sc8ccccc87)c7ccccc76)cc5)c5c6ccccc6n4c53)cc2)c2ccccc21. The predicted molar refractivity (Wildman–Crippen MR) is 378 cm³/mol. The van der Waals surface area contributed by atoms with Crippen molar-refractivity contribution in [2.24, 2.45) is 0 Å². The standard InChI is InChI=1S/C86H52N4OS/c1-11-31-69-59(21-1)81-57(53-41-45-55(46-42-53)87-71-33-13-3-23-61(71)85(62-24-4-14-34-72(62)87)65-27-7-17-37-77(65)91-78-38-18-8-28-66(78)85)49-51-75-83(81)89(69)76-52-50-58(82-60-22-2-12-32-70(60)90(75)84(76)82)54-43-47-56(48-44-54)88-73-35-15-5-25-63(73)86(64-26-6-16-36-74(64)88)67-29-9-19-39-79(67)92-80-40-20-10-30-68(80)86/h1-52H. The maximum absolute atomic E-state index is 6.69. The third-order valence-electron chi connectivity index (χ3n) is 20.7. The summed E-state index contributed by atoms with van der Waals surface area (Å²) in [5, 5.41) is 4.97. The molecule has 0 bridgehead atoms. The summed E-state index contributed by atoms with van der Waals surface area (Å²) in [6.07, 6.45) is 0. The number of rotatable bonds is 4. The highest BCUT2D eigenvalue weighted by Gasteiger charge is 2.52. The molecule has 0 N–H and O–H groups in total. The van der Waals surface area contributed by atoms with Crippen LogP contribution in [0.1, 0.15) is 44.5 Å². The van der Waals surface area contributed by atoms with Gasteiger partial charge in [-0.05, 0) is 153 Å². The molecule has 0 aliphatic carbocycles. The summed E-state index contributed by atoms with van der Waals surface area (Å²) in [5.41, 5.74) is 27.7. The molecule has 4 aliphatic rings. The van der Waals surface area contributed by atoms with E-state index in [-0.39, 0.29) is 0 Å². The number of hydrogen-bond donors (Lipinski definition) is 0. The third kappa shape index (κ3) is 6.34. The molecule has 2 spiro atoms. The fourth-order valence-electron chi connectivity index (χ4n) is 17.3. The van der Waals surface area contributed by atoms with Gasteiger partial charge in [-0.3, -0.25) is 0 Å². The number of anilines is 6. The minimum Gasteiger partial charge on any atom is -0.457 e. The van der Waals surface area contributed by atoms with Gasteiger partial charge in [-0.1, -0.05) is 230 Å². The molecule has 0 saturated heterocycles. The molecule has 6 heteroatoms. The number of nitrogens with zero attached hydrogens (tertiary/aromatic N) is 4. The Bertz CT molecular complexity index is 5440. The zero-order valence-electron chi connectivity index (χ0n) is 49.6. The van der Waals surface area contributed by atoms with Gasteiger partial charge in [0, 0.05) is 53.8 Å². The second-order valence-corrected chi connectivity index (χ2v) is 26.0. The lowest BCUT2D eigenvalue weighted by Gasteiger charge is -2.49. The Hall–Kier alpha value is -11.6. The molecule has 0 saturated carbocycles. The van der Waals surface area contributed by atoms with E-state index in [0.717, 1.165) is 50.9 Å². The molecule has 0 amide bonds. The van der Waals surface area contributed by atoms with E-state index in [9.17, 15) is 0 Å². The number of hydrogen-bond acceptors (Lipinski definition) is 4. The Morgan fingerprint density at radius 1 is 0.261 bits per heavy atom. The van der Waals surface area contributed by atoms with Crippen molar-refractivity contribution in [3.63, 3.8) is 0 Å². The van der Waals surface area contributed by atoms with Crippen molar-refractivity contribution in [3.8, 4) is 33.8 Å². The molecular formula is C86H52N4OS. The lowest BCUT2D eigenvalue weighted by molar-refractivity contribution is 0.434. The average molecular weight is 1190 g/mol. The highest BCUT2D eigenvalue weighted by Crippen LogP contribution is 2.65. The molecule has 5 nitrogen and oxygen atoms in total. The quantitative estimate of drug-likeness (QED) is 0.164. The summed E-state index contributed by atoms with van der Waals surface area (Å²) in [6.45, 7) is 0. The lowest BCUT2D eigenvalue weighted by atomic mass is 9.61. The number of aromatic nitrogens is 2. The van der Waals surface area contributed by atoms with Gasteiger partial charge >= 0.3 is 0 Å². The lowest BCUT2D eigenvalue weighted by Crippen LogP contribution is -2.39. The molecule has 0 fully saturated rings. The zero-order valence-corrected chi connectivity index (χ0v) is 50.4. The van der Waals surface area contributed by atoms with Crippen molar-refractivity contribution in [2.75, 3.05) is 9.80 Å². The summed E-state index contributed by atoms with van der Waals surface area (Å²) in [4.78, 5) is 7.55. The molecule has 0 radical (unpaired) electrons. The van der Waals surface area contributed by atoms with E-state index < -0.39 is 10.8 Å². The summed E-state index contributed by atoms with van der Waals surface area (Å²) in [6, 6.07) is 118. The van der Waals surface area contributed by atoms with Crippen molar-refractivity contribution in [2.45, 2.75) is 20.6 Å². The molecule has 21 rings (SSSR count). The summed E-state index contributed by atoms with van der Waals surface area (Å²) in [7, 11) is 0. The second kappa shape index (κ2) is 18.5. The molecule has 14 aromatic carbocycles. The van der Waals surface area contributed by atoms with Gasteiger partial charge in [0.1, 0.15) is 11.5 Å². The van der Waals surface area contributed by atoms with Crippen LogP contribution in [0.25, 0.3) is 76.9 Å². The van der Waals surface area contributed by atoms with Gasteiger partial charge in [0.2, 0.25) is 0 Å². The Kier molecular flexibility index (Phi) is 10.1. The van der Waals surface area contributed by atoms with Crippen molar-refractivity contribution in [3.05, 3.63) is 360 Å². The Morgan fingerprint density at radius 3 is 1.00 bits per heavy atom. The van der Waals surface area contributed by atoms with E-state index in [1.54, 1.807) is 0 Å². The van der Waals surface area contributed by atoms with Crippen LogP contribution in [0.15, 0.2) is 325 Å². The Morgan fingerprint density at radius 2 is 0.587 bits per heavy atom. The van der Waals surface area contributed by atoms with Crippen LogP contribution in [0.3, 0.4) is 0 Å². The normalized spacial score (nSPS) is 14.5. The van der Waals surface area contributed by atoms with E-state index in [1.165, 1.54) is 126 Å². The van der Waals surface area contributed by atoms with Crippen molar-refractivity contribution >= 4 is 101 Å². The first kappa shape index (κ1) is 50.3. The first-order valence-corrected chi connectivity index (χ1v) is 32.6. The summed E-state index contributed by atoms with van der Waals surface area (Å²) < 4.78 is 11.8. The van der Waals surface area contributed by atoms with E-state index in [4.69, 9.17) is 4.74 Å². The van der Waals surface area contributed by atoms with Gasteiger partial charge in [-0.25, -0.2) is 0 Å². The van der Waals surface area contributed by atoms with Gasteiger partial charge in [0.25, 0.3) is 0 Å². The Balaban J connectivity index is 0.704. The molecule has 17 aromatic rings. The van der Waals surface area contributed by atoms with E-state index in [0.29, 0.717) is 0 Å². The van der Waals surface area contributed by atoms with Crippen LogP contribution in [-0.4, -0.2) is 8.80 Å². The zero-order chi connectivity index (χ0) is 60.0. The topological polar surface area (TPSA) is 24.5 Å². The van der Waals surface area contributed by atoms with Gasteiger partial charge in [0.05, 0.1) is 66.7 Å². The molecule has 0 unspecified atom stereocenters. The maximum Gasteiger partial charge on any atom is 0.132 e. The number of benzene rings is 14. The van der Waals surface area contributed by atoms with Crippen LogP contribution < -0.4 is 14.5 Å². The summed E-state index contributed by atoms with van der Waals surface area (Å²) >= 11 is 1.88. The highest BCUT2D eigenvalue weighted by atomic mass is 32.2. The van der Waals surface area contributed by atoms with Crippen molar-refractivity contribution in [1.82, 2.24) is 8.80 Å². The van der Waals surface area contributed by atoms with E-state index in [2.05, 4.69) is 334 Å². The fourth-order valence-corrected chi connectivity index (χ4v) is 18.5. The molecule has 92 heavy (non-hydrogen) atoms. The van der Waals surface area contributed by atoms with Crippen molar-refractivity contribution in [1.29, 1.82) is 0 Å². The minimum absolute atomic E-state index is 0.494. The molecule has 4 aliphatic heterocycles. The monoisotopic (exact) mass is 1190 g/mol. The minimum atomic E-state index is -0.596. The van der Waals surface area contributed by atoms with Gasteiger partial charge < -0.3 is 23.3 Å². The molecule has 428 valence electrons. The third-order valence-corrected chi connectivity index (χ3v) is 21.9. The molecule has 7 heterocycles. The molecule has 0 atom stereocenters. The van der Waals surface area contributed by atoms with Crippen LogP contribution in [0.2, 0.25) is 0 Å². The first-order chi connectivity index (χ1) is 45.7. The number of ether oxygens (including phenoxy) is 1. The van der Waals surface area contributed by atoms with E-state index in [1.807, 2.05) is 11.8 Å². The van der Waals surface area contributed by atoms with Crippen LogP contribution >= 0.6 is 11.8 Å². The van der Waals surface area contributed by atoms with Gasteiger partial charge in [0.15, 0.2) is 0 Å². The molecular weight excluding hydrogens is 1140 g/mol. The fraction of sp³-hybridized carbons (Fsp3) is 0.0233. The van der Waals surface area contributed by atoms with E-state index >= 15 is 0 Å². The predicted octanol–water partition coefficient (Wildman–Crippen LogP) is 22.5. The smallest absolute Gasteiger partial charge is 0.132 e. The number of fused-ring (bicyclic) bond motifs is 24. The Labute approximate surface area is 534 Å². The second-order valence-electron chi connectivity index (χ2n) is 24.9. The van der Waals surface area contributed by atoms with Crippen LogP contribution in [0.5, 0.6) is 11.5 Å². The van der Waals surface area contributed by atoms with Gasteiger partial charge in [-0.2, -0.15) is 0 Å². The van der Waals surface area contributed by atoms with Crippen LogP contribution in [-0.2, 0) is 10.8 Å². The van der Waals surface area contributed by atoms with Crippen molar-refractivity contribution < 1.29 is 4.74 Å². The first-order valence-electron chi connectivity index (χ1n) is 31.7. The average Bonchev–Trinajstić information content (AvgIpc) is 0.867. The molecule has 3 aromatic heterocycles. The largest absolute Gasteiger partial charge is 0.457 e. The number of para-hydroxylation sites is 8. The van der Waals surface area contributed by atoms with Gasteiger partial charge in [-0.15, -0.1) is 0 Å². The maximum atomic E-state index is 6.69.